The number of halogens is 1. The second-order valence-corrected chi connectivity index (χ2v) is 5.16. The predicted octanol–water partition coefficient (Wildman–Crippen LogP) is 2.96. The molecule has 1 unspecified atom stereocenters. The van der Waals surface area contributed by atoms with Gasteiger partial charge in [-0.3, -0.25) is 0 Å². The second kappa shape index (κ2) is 4.87. The molecular weight excluding hydrogens is 264 g/mol. The average Bonchev–Trinajstić information content (AvgIpc) is 3.16. The Morgan fingerprint density at radius 2 is 2.26 bits per heavy atom. The standard InChI is InChI=1S/C14H15ClN2O2/c1-19-13-6-9(2-5-11(13)15)14(18)12-7-16-8-17(12)10-3-4-10/h2,5-8,10,14,18H,3-4H2,1H3. The van der Waals surface area contributed by atoms with Crippen LogP contribution in [0.2, 0.25) is 5.02 Å². The second-order valence-electron chi connectivity index (χ2n) is 4.75. The van der Waals surface area contributed by atoms with Crippen molar-refractivity contribution in [1.29, 1.82) is 0 Å². The number of benzene rings is 1. The molecule has 0 spiro atoms. The van der Waals surface area contributed by atoms with Gasteiger partial charge < -0.3 is 14.4 Å². The van der Waals surface area contributed by atoms with E-state index in [1.807, 2.05) is 4.57 Å². The molecule has 0 amide bonds. The number of aliphatic hydroxyl groups excluding tert-OH is 1. The summed E-state index contributed by atoms with van der Waals surface area (Å²) in [4.78, 5) is 4.14. The van der Waals surface area contributed by atoms with Crippen molar-refractivity contribution >= 4 is 11.6 Å². The fraction of sp³-hybridized carbons (Fsp3) is 0.357. The monoisotopic (exact) mass is 278 g/mol. The van der Waals surface area contributed by atoms with Crippen molar-refractivity contribution in [1.82, 2.24) is 9.55 Å². The molecule has 4 nitrogen and oxygen atoms in total. The van der Waals surface area contributed by atoms with Crippen molar-refractivity contribution in [2.75, 3.05) is 7.11 Å². The van der Waals surface area contributed by atoms with E-state index in [9.17, 15) is 5.11 Å². The summed E-state index contributed by atoms with van der Waals surface area (Å²) in [6.07, 6.45) is 5.09. The maximum absolute atomic E-state index is 10.5. The maximum atomic E-state index is 10.5. The summed E-state index contributed by atoms with van der Waals surface area (Å²) in [7, 11) is 1.56. The summed E-state index contributed by atoms with van der Waals surface area (Å²) >= 11 is 5.99. The van der Waals surface area contributed by atoms with E-state index in [1.54, 1.807) is 37.8 Å². The van der Waals surface area contributed by atoms with Gasteiger partial charge in [-0.2, -0.15) is 0 Å². The summed E-state index contributed by atoms with van der Waals surface area (Å²) in [5.41, 5.74) is 1.57. The molecule has 1 aromatic carbocycles. The molecule has 1 N–H and O–H groups in total. The van der Waals surface area contributed by atoms with E-state index in [-0.39, 0.29) is 0 Å². The molecule has 2 aromatic rings. The number of aliphatic hydroxyl groups is 1. The lowest BCUT2D eigenvalue weighted by Gasteiger charge is -2.15. The van der Waals surface area contributed by atoms with Gasteiger partial charge in [-0.25, -0.2) is 4.98 Å². The van der Waals surface area contributed by atoms with Crippen molar-refractivity contribution in [2.24, 2.45) is 0 Å². The fourth-order valence-corrected chi connectivity index (χ4v) is 2.40. The molecular formula is C14H15ClN2O2. The van der Waals surface area contributed by atoms with Gasteiger partial charge >= 0.3 is 0 Å². The average molecular weight is 279 g/mol. The summed E-state index contributed by atoms with van der Waals surface area (Å²) in [6, 6.07) is 5.79. The molecule has 100 valence electrons. The van der Waals surface area contributed by atoms with E-state index < -0.39 is 6.10 Å². The molecule has 3 rings (SSSR count). The lowest BCUT2D eigenvalue weighted by molar-refractivity contribution is 0.209. The number of imidazole rings is 1. The number of aromatic nitrogens is 2. The maximum Gasteiger partial charge on any atom is 0.137 e. The largest absolute Gasteiger partial charge is 0.495 e. The van der Waals surface area contributed by atoms with Gasteiger partial charge in [0.2, 0.25) is 0 Å². The van der Waals surface area contributed by atoms with Gasteiger partial charge in [0.1, 0.15) is 11.9 Å². The first-order chi connectivity index (χ1) is 9.20. The topological polar surface area (TPSA) is 47.3 Å². The Bertz CT molecular complexity index is 593. The molecule has 1 atom stereocenters. The van der Waals surface area contributed by atoms with Crippen LogP contribution in [0.1, 0.15) is 36.2 Å². The van der Waals surface area contributed by atoms with Gasteiger partial charge in [0.15, 0.2) is 0 Å². The highest BCUT2D eigenvalue weighted by Gasteiger charge is 2.28. The van der Waals surface area contributed by atoms with Gasteiger partial charge in [0.05, 0.1) is 30.4 Å². The molecule has 19 heavy (non-hydrogen) atoms. The minimum Gasteiger partial charge on any atom is -0.495 e. The molecule has 1 aromatic heterocycles. The van der Waals surface area contributed by atoms with Crippen LogP contribution in [0.5, 0.6) is 5.75 Å². The number of ether oxygens (including phenoxy) is 1. The highest BCUT2D eigenvalue weighted by atomic mass is 35.5. The molecule has 5 heteroatoms. The van der Waals surface area contributed by atoms with Crippen LogP contribution in [0.4, 0.5) is 0 Å². The van der Waals surface area contributed by atoms with Gasteiger partial charge in [-0.15, -0.1) is 0 Å². The fourth-order valence-electron chi connectivity index (χ4n) is 2.20. The Morgan fingerprint density at radius 1 is 1.47 bits per heavy atom. The van der Waals surface area contributed by atoms with Crippen molar-refractivity contribution in [2.45, 2.75) is 25.0 Å². The number of methoxy groups -OCH3 is 1. The molecule has 0 saturated heterocycles. The van der Waals surface area contributed by atoms with Crippen molar-refractivity contribution in [3.8, 4) is 5.75 Å². The van der Waals surface area contributed by atoms with Crippen LogP contribution in [-0.2, 0) is 0 Å². The van der Waals surface area contributed by atoms with Crippen LogP contribution in [0, 0.1) is 0 Å². The lowest BCUT2D eigenvalue weighted by Crippen LogP contribution is -2.07. The number of hydrogen-bond donors (Lipinski definition) is 1. The third kappa shape index (κ3) is 2.33. The minimum absolute atomic E-state index is 0.487. The first-order valence-electron chi connectivity index (χ1n) is 6.24. The van der Waals surface area contributed by atoms with Crippen LogP contribution in [0.3, 0.4) is 0 Å². The van der Waals surface area contributed by atoms with Crippen LogP contribution >= 0.6 is 11.6 Å². The molecule has 0 radical (unpaired) electrons. The molecule has 0 bridgehead atoms. The predicted molar refractivity (Wildman–Crippen MR) is 72.6 cm³/mol. The van der Waals surface area contributed by atoms with Crippen LogP contribution < -0.4 is 4.74 Å². The highest BCUT2D eigenvalue weighted by molar-refractivity contribution is 6.32. The van der Waals surface area contributed by atoms with Gasteiger partial charge in [-0.05, 0) is 30.5 Å². The Hall–Kier alpha value is -1.52. The quantitative estimate of drug-likeness (QED) is 0.935. The SMILES string of the molecule is COc1cc(C(O)c2cncn2C2CC2)ccc1Cl. The van der Waals surface area contributed by atoms with Crippen molar-refractivity contribution in [3.63, 3.8) is 0 Å². The van der Waals surface area contributed by atoms with Gasteiger partial charge in [-0.1, -0.05) is 17.7 Å². The van der Waals surface area contributed by atoms with Crippen LogP contribution in [-0.4, -0.2) is 21.8 Å². The Labute approximate surface area is 116 Å². The van der Waals surface area contributed by atoms with Crippen molar-refractivity contribution < 1.29 is 9.84 Å². The lowest BCUT2D eigenvalue weighted by atomic mass is 10.1. The van der Waals surface area contributed by atoms with E-state index in [4.69, 9.17) is 16.3 Å². The molecule has 1 aliphatic carbocycles. The molecule has 1 heterocycles. The number of rotatable bonds is 4. The van der Waals surface area contributed by atoms with Crippen LogP contribution in [0.15, 0.2) is 30.7 Å². The van der Waals surface area contributed by atoms with Gasteiger partial charge in [0.25, 0.3) is 0 Å². The third-order valence-electron chi connectivity index (χ3n) is 3.41. The summed E-state index contributed by atoms with van der Waals surface area (Å²) in [5, 5.41) is 11.0. The summed E-state index contributed by atoms with van der Waals surface area (Å²) < 4.78 is 7.23. The van der Waals surface area contributed by atoms with E-state index in [2.05, 4.69) is 4.98 Å². The zero-order chi connectivity index (χ0) is 13.4. The summed E-state index contributed by atoms with van der Waals surface area (Å²) in [6.45, 7) is 0. The van der Waals surface area contributed by atoms with Crippen LogP contribution in [0.25, 0.3) is 0 Å². The normalized spacial score (nSPS) is 16.4. The summed E-state index contributed by atoms with van der Waals surface area (Å²) in [5.74, 6) is 0.565. The zero-order valence-corrected chi connectivity index (χ0v) is 11.3. The molecule has 1 saturated carbocycles. The van der Waals surface area contributed by atoms with Gasteiger partial charge in [0, 0.05) is 6.04 Å². The number of hydrogen-bond acceptors (Lipinski definition) is 3. The van der Waals surface area contributed by atoms with Crippen molar-refractivity contribution in [3.05, 3.63) is 47.0 Å². The Morgan fingerprint density at radius 3 is 2.95 bits per heavy atom. The van der Waals surface area contributed by atoms with E-state index in [0.717, 1.165) is 24.1 Å². The molecule has 0 aliphatic heterocycles. The Balaban J connectivity index is 1.94. The minimum atomic E-state index is -0.714. The first-order valence-corrected chi connectivity index (χ1v) is 6.61. The zero-order valence-electron chi connectivity index (χ0n) is 10.6. The number of nitrogens with zero attached hydrogens (tertiary/aromatic N) is 2. The van der Waals surface area contributed by atoms with E-state index in [1.165, 1.54) is 0 Å². The highest BCUT2D eigenvalue weighted by Crippen LogP contribution is 2.38. The van der Waals surface area contributed by atoms with E-state index in [0.29, 0.717) is 16.8 Å². The molecule has 1 aliphatic rings. The third-order valence-corrected chi connectivity index (χ3v) is 3.72. The Kier molecular flexibility index (Phi) is 3.21. The smallest absolute Gasteiger partial charge is 0.137 e. The molecule has 1 fully saturated rings. The first kappa shape index (κ1) is 12.5. The van der Waals surface area contributed by atoms with E-state index >= 15 is 0 Å².